The Bertz CT molecular complexity index is 460. The highest BCUT2D eigenvalue weighted by Crippen LogP contribution is 2.10. The first-order valence-electron chi connectivity index (χ1n) is 8.37. The van der Waals surface area contributed by atoms with Crippen LogP contribution < -0.4 is 10.6 Å². The average Bonchev–Trinajstić information content (AvgIpc) is 2.52. The number of guanidine groups is 1. The second kappa shape index (κ2) is 12.6. The Morgan fingerprint density at radius 1 is 1.13 bits per heavy atom. The van der Waals surface area contributed by atoms with Crippen LogP contribution in [0, 0.1) is 0 Å². The zero-order chi connectivity index (χ0) is 16.4. The molecule has 0 aliphatic carbocycles. The SMILES string of the molecule is CCNC(=NCc1ccccc1CC)NCCN(C)C(C)C.I. The van der Waals surface area contributed by atoms with Crippen molar-refractivity contribution >= 4 is 29.9 Å². The lowest BCUT2D eigenvalue weighted by atomic mass is 10.1. The number of aryl methyl sites for hydroxylation is 1. The molecule has 2 N–H and O–H groups in total. The van der Waals surface area contributed by atoms with Crippen LogP contribution in [-0.4, -0.2) is 43.6 Å². The maximum absolute atomic E-state index is 4.71. The summed E-state index contributed by atoms with van der Waals surface area (Å²) in [6.45, 7) is 12.2. The molecule has 4 nitrogen and oxygen atoms in total. The largest absolute Gasteiger partial charge is 0.357 e. The Kier molecular flexibility index (Phi) is 12.1. The molecule has 0 heterocycles. The lowest BCUT2D eigenvalue weighted by molar-refractivity contribution is 0.278. The van der Waals surface area contributed by atoms with Crippen molar-refractivity contribution in [3.8, 4) is 0 Å². The van der Waals surface area contributed by atoms with Crippen LogP contribution in [0.25, 0.3) is 0 Å². The van der Waals surface area contributed by atoms with Crippen molar-refractivity contribution in [1.82, 2.24) is 15.5 Å². The second-order valence-corrected chi connectivity index (χ2v) is 5.82. The topological polar surface area (TPSA) is 39.7 Å². The summed E-state index contributed by atoms with van der Waals surface area (Å²) in [7, 11) is 2.15. The minimum atomic E-state index is 0. The predicted octanol–water partition coefficient (Wildman–Crippen LogP) is 3.26. The van der Waals surface area contributed by atoms with Gasteiger partial charge in [0.15, 0.2) is 5.96 Å². The first-order valence-corrected chi connectivity index (χ1v) is 8.37. The van der Waals surface area contributed by atoms with Crippen molar-refractivity contribution in [1.29, 1.82) is 0 Å². The van der Waals surface area contributed by atoms with Gasteiger partial charge in [-0.1, -0.05) is 31.2 Å². The molecule has 1 rings (SSSR count). The fraction of sp³-hybridized carbons (Fsp3) is 0.611. The molecule has 0 amide bonds. The summed E-state index contributed by atoms with van der Waals surface area (Å²) in [6, 6.07) is 9.10. The molecular weight excluding hydrogens is 399 g/mol. The van der Waals surface area contributed by atoms with Crippen LogP contribution in [0.5, 0.6) is 0 Å². The summed E-state index contributed by atoms with van der Waals surface area (Å²) in [5.41, 5.74) is 2.68. The monoisotopic (exact) mass is 432 g/mol. The van der Waals surface area contributed by atoms with Gasteiger partial charge in [-0.25, -0.2) is 4.99 Å². The van der Waals surface area contributed by atoms with Crippen molar-refractivity contribution in [3.63, 3.8) is 0 Å². The lowest BCUT2D eigenvalue weighted by Crippen LogP contribution is -2.42. The zero-order valence-electron chi connectivity index (χ0n) is 15.2. The Morgan fingerprint density at radius 3 is 2.35 bits per heavy atom. The van der Waals surface area contributed by atoms with Gasteiger partial charge in [-0.15, -0.1) is 24.0 Å². The molecule has 0 spiro atoms. The van der Waals surface area contributed by atoms with Crippen molar-refractivity contribution in [2.75, 3.05) is 26.7 Å². The first-order chi connectivity index (χ1) is 10.6. The summed E-state index contributed by atoms with van der Waals surface area (Å²) in [4.78, 5) is 7.03. The number of rotatable bonds is 8. The van der Waals surface area contributed by atoms with E-state index in [9.17, 15) is 0 Å². The number of aliphatic imine (C=N–C) groups is 1. The molecule has 0 radical (unpaired) electrons. The average molecular weight is 432 g/mol. The molecule has 0 unspecified atom stereocenters. The van der Waals surface area contributed by atoms with Gasteiger partial charge in [-0.3, -0.25) is 0 Å². The van der Waals surface area contributed by atoms with Crippen LogP contribution in [-0.2, 0) is 13.0 Å². The highest BCUT2D eigenvalue weighted by atomic mass is 127. The van der Waals surface area contributed by atoms with Gasteiger partial charge in [-0.2, -0.15) is 0 Å². The van der Waals surface area contributed by atoms with Crippen molar-refractivity contribution in [3.05, 3.63) is 35.4 Å². The fourth-order valence-electron chi connectivity index (χ4n) is 2.17. The van der Waals surface area contributed by atoms with Crippen LogP contribution in [0.3, 0.4) is 0 Å². The predicted molar refractivity (Wildman–Crippen MR) is 112 cm³/mol. The van der Waals surface area contributed by atoms with E-state index >= 15 is 0 Å². The van der Waals surface area contributed by atoms with E-state index in [4.69, 9.17) is 4.99 Å². The number of nitrogens with zero attached hydrogens (tertiary/aromatic N) is 2. The molecule has 23 heavy (non-hydrogen) atoms. The summed E-state index contributed by atoms with van der Waals surface area (Å²) in [6.07, 6.45) is 1.05. The molecule has 1 aromatic carbocycles. The second-order valence-electron chi connectivity index (χ2n) is 5.82. The first kappa shape index (κ1) is 22.2. The minimum Gasteiger partial charge on any atom is -0.357 e. The normalized spacial score (nSPS) is 11.5. The molecule has 5 heteroatoms. The van der Waals surface area contributed by atoms with Crippen molar-refractivity contribution in [2.45, 2.75) is 46.7 Å². The summed E-state index contributed by atoms with van der Waals surface area (Å²) < 4.78 is 0. The Hall–Kier alpha value is -0.820. The van der Waals surface area contributed by atoms with E-state index in [1.54, 1.807) is 0 Å². The minimum absolute atomic E-state index is 0. The Morgan fingerprint density at radius 2 is 1.78 bits per heavy atom. The molecule has 0 aliphatic rings. The molecule has 132 valence electrons. The number of hydrogen-bond acceptors (Lipinski definition) is 2. The van der Waals surface area contributed by atoms with Crippen molar-refractivity contribution in [2.24, 2.45) is 4.99 Å². The van der Waals surface area contributed by atoms with Crippen LogP contribution in [0.4, 0.5) is 0 Å². The fourth-order valence-corrected chi connectivity index (χ4v) is 2.17. The smallest absolute Gasteiger partial charge is 0.191 e. The van der Waals surface area contributed by atoms with E-state index in [1.807, 2.05) is 0 Å². The standard InChI is InChI=1S/C18H32N4.HI/c1-6-16-10-8-9-11-17(16)14-21-18(19-7-2)20-12-13-22(5)15(3)4;/h8-11,15H,6-7,12-14H2,1-5H3,(H2,19,20,21);1H. The van der Waals surface area contributed by atoms with E-state index in [-0.39, 0.29) is 24.0 Å². The van der Waals surface area contributed by atoms with Gasteiger partial charge < -0.3 is 15.5 Å². The van der Waals surface area contributed by atoms with Crippen LogP contribution in [0.1, 0.15) is 38.8 Å². The van der Waals surface area contributed by atoms with E-state index in [0.717, 1.165) is 38.6 Å². The van der Waals surface area contributed by atoms with Gasteiger partial charge in [0, 0.05) is 25.7 Å². The Labute approximate surface area is 159 Å². The number of benzene rings is 1. The van der Waals surface area contributed by atoms with Crippen LogP contribution in [0.2, 0.25) is 0 Å². The highest BCUT2D eigenvalue weighted by molar-refractivity contribution is 14.0. The van der Waals surface area contributed by atoms with Gasteiger partial charge in [0.2, 0.25) is 0 Å². The number of hydrogen-bond donors (Lipinski definition) is 2. The molecule has 0 fully saturated rings. The van der Waals surface area contributed by atoms with Gasteiger partial charge >= 0.3 is 0 Å². The van der Waals surface area contributed by atoms with Crippen molar-refractivity contribution < 1.29 is 0 Å². The maximum atomic E-state index is 4.71. The number of likely N-dealkylation sites (N-methyl/N-ethyl adjacent to an activating group) is 1. The Balaban J connectivity index is 0.00000484. The van der Waals surface area contributed by atoms with E-state index in [1.165, 1.54) is 11.1 Å². The third kappa shape index (κ3) is 8.55. The zero-order valence-corrected chi connectivity index (χ0v) is 17.6. The molecular formula is C18H33IN4. The van der Waals surface area contributed by atoms with Gasteiger partial charge in [0.05, 0.1) is 6.54 Å². The maximum Gasteiger partial charge on any atom is 0.191 e. The summed E-state index contributed by atoms with van der Waals surface area (Å²) in [5.74, 6) is 0.894. The quantitative estimate of drug-likeness (QED) is 0.376. The van der Waals surface area contributed by atoms with Crippen LogP contribution >= 0.6 is 24.0 Å². The van der Waals surface area contributed by atoms with E-state index < -0.39 is 0 Å². The van der Waals surface area contributed by atoms with E-state index in [2.05, 4.69) is 74.5 Å². The third-order valence-corrected chi connectivity index (χ3v) is 3.89. The molecule has 0 saturated carbocycles. The molecule has 1 aromatic rings. The summed E-state index contributed by atoms with van der Waals surface area (Å²) in [5, 5.41) is 6.73. The molecule has 0 atom stereocenters. The van der Waals surface area contributed by atoms with E-state index in [0.29, 0.717) is 6.04 Å². The van der Waals surface area contributed by atoms with Crippen LogP contribution in [0.15, 0.2) is 29.3 Å². The van der Waals surface area contributed by atoms with Gasteiger partial charge in [-0.05, 0) is 45.4 Å². The third-order valence-electron chi connectivity index (χ3n) is 3.89. The number of halogens is 1. The highest BCUT2D eigenvalue weighted by Gasteiger charge is 2.04. The molecule has 0 aliphatic heterocycles. The lowest BCUT2D eigenvalue weighted by Gasteiger charge is -2.21. The molecule has 0 saturated heterocycles. The molecule has 0 aromatic heterocycles. The molecule has 0 bridgehead atoms. The van der Waals surface area contributed by atoms with Gasteiger partial charge in [0.25, 0.3) is 0 Å². The number of nitrogens with one attached hydrogen (secondary N) is 2. The summed E-state index contributed by atoms with van der Waals surface area (Å²) >= 11 is 0. The van der Waals surface area contributed by atoms with Gasteiger partial charge in [0.1, 0.15) is 0 Å².